The van der Waals surface area contributed by atoms with Crippen molar-refractivity contribution < 1.29 is 10.2 Å². The summed E-state index contributed by atoms with van der Waals surface area (Å²) < 4.78 is 2.33. The summed E-state index contributed by atoms with van der Waals surface area (Å²) >= 11 is 4.53. The average molecular weight is 520 g/mol. The van der Waals surface area contributed by atoms with E-state index in [0.717, 1.165) is 18.3 Å². The molecular formula is C18H18I2O2. The van der Waals surface area contributed by atoms with Gasteiger partial charge >= 0.3 is 0 Å². The van der Waals surface area contributed by atoms with E-state index in [9.17, 15) is 10.2 Å². The highest BCUT2D eigenvalue weighted by Crippen LogP contribution is 2.45. The molecule has 0 spiro atoms. The number of aliphatic hydroxyl groups is 2. The quantitative estimate of drug-likeness (QED) is 0.572. The number of benzene rings is 2. The van der Waals surface area contributed by atoms with Gasteiger partial charge in [0.05, 0.1) is 11.2 Å². The van der Waals surface area contributed by atoms with Crippen LogP contribution in [0, 0.1) is 7.14 Å². The molecule has 4 heteroatoms. The molecule has 0 aliphatic heterocycles. The van der Waals surface area contributed by atoms with Crippen LogP contribution in [0.5, 0.6) is 0 Å². The first-order valence-corrected chi connectivity index (χ1v) is 9.54. The predicted octanol–water partition coefficient (Wildman–Crippen LogP) is 4.55. The third-order valence-electron chi connectivity index (χ3n) is 4.67. The molecule has 0 radical (unpaired) electrons. The second-order valence-electron chi connectivity index (χ2n) is 6.08. The molecule has 3 rings (SSSR count). The summed E-state index contributed by atoms with van der Waals surface area (Å²) in [7, 11) is 0. The molecule has 2 N–H and O–H groups in total. The van der Waals surface area contributed by atoms with Crippen LogP contribution in [-0.4, -0.2) is 10.2 Å². The van der Waals surface area contributed by atoms with Crippen LogP contribution in [0.2, 0.25) is 0 Å². The van der Waals surface area contributed by atoms with Gasteiger partial charge in [0.15, 0.2) is 0 Å². The van der Waals surface area contributed by atoms with Crippen LogP contribution < -0.4 is 0 Å². The third kappa shape index (κ3) is 3.34. The molecule has 1 saturated carbocycles. The van der Waals surface area contributed by atoms with Crippen molar-refractivity contribution in [1.29, 1.82) is 0 Å². The summed E-state index contributed by atoms with van der Waals surface area (Å²) in [5.74, 6) is 0. The van der Waals surface area contributed by atoms with Gasteiger partial charge in [0.25, 0.3) is 0 Å². The van der Waals surface area contributed by atoms with Crippen LogP contribution >= 0.6 is 45.2 Å². The predicted molar refractivity (Wildman–Crippen MR) is 105 cm³/mol. The molecule has 0 saturated heterocycles. The Bertz CT molecular complexity index is 582. The van der Waals surface area contributed by atoms with Gasteiger partial charge in [-0.05, 0) is 106 Å². The minimum atomic E-state index is -0.820. The maximum atomic E-state index is 10.9. The van der Waals surface area contributed by atoms with Crippen molar-refractivity contribution in [2.75, 3.05) is 0 Å². The highest BCUT2D eigenvalue weighted by molar-refractivity contribution is 14.1. The van der Waals surface area contributed by atoms with E-state index >= 15 is 0 Å². The number of rotatable bonds is 2. The van der Waals surface area contributed by atoms with Crippen molar-refractivity contribution in [3.63, 3.8) is 0 Å². The zero-order valence-electron chi connectivity index (χ0n) is 12.1. The Morgan fingerprint density at radius 3 is 1.14 bits per heavy atom. The first-order chi connectivity index (χ1) is 10.4. The summed E-state index contributed by atoms with van der Waals surface area (Å²) in [5, 5.41) is 21.9. The molecule has 2 nitrogen and oxygen atoms in total. The molecule has 2 aromatic carbocycles. The van der Waals surface area contributed by atoms with Gasteiger partial charge in [-0.15, -0.1) is 0 Å². The normalized spacial score (nSPS) is 28.5. The molecule has 1 fully saturated rings. The SMILES string of the molecule is O[C@]1(c2ccc(I)cc2)CC[C@@](O)(c2ccc(I)cc2)CC1. The molecule has 1 aliphatic carbocycles. The molecule has 2 aromatic rings. The van der Waals surface area contributed by atoms with E-state index in [1.54, 1.807) is 0 Å². The van der Waals surface area contributed by atoms with Crippen LogP contribution in [0.15, 0.2) is 48.5 Å². The van der Waals surface area contributed by atoms with E-state index in [1.165, 1.54) is 0 Å². The fraction of sp³-hybridized carbons (Fsp3) is 0.333. The topological polar surface area (TPSA) is 40.5 Å². The molecule has 1 aliphatic rings. The minimum absolute atomic E-state index is 0.579. The lowest BCUT2D eigenvalue weighted by molar-refractivity contribution is -0.0883. The lowest BCUT2D eigenvalue weighted by Crippen LogP contribution is -2.39. The van der Waals surface area contributed by atoms with Crippen molar-refractivity contribution in [2.24, 2.45) is 0 Å². The molecule has 0 bridgehead atoms. The van der Waals surface area contributed by atoms with Gasteiger partial charge in [-0.3, -0.25) is 0 Å². The Morgan fingerprint density at radius 2 is 0.864 bits per heavy atom. The van der Waals surface area contributed by atoms with E-state index < -0.39 is 11.2 Å². The Hall–Kier alpha value is -0.180. The van der Waals surface area contributed by atoms with Crippen LogP contribution in [0.4, 0.5) is 0 Å². The first kappa shape index (κ1) is 16.7. The first-order valence-electron chi connectivity index (χ1n) is 7.38. The minimum Gasteiger partial charge on any atom is -0.385 e. The van der Waals surface area contributed by atoms with E-state index in [4.69, 9.17) is 0 Å². The molecule has 22 heavy (non-hydrogen) atoms. The number of hydrogen-bond acceptors (Lipinski definition) is 2. The Kier molecular flexibility index (Phi) is 4.83. The molecule has 116 valence electrons. The van der Waals surface area contributed by atoms with E-state index in [2.05, 4.69) is 45.2 Å². The van der Waals surface area contributed by atoms with Crippen molar-refractivity contribution in [2.45, 2.75) is 36.9 Å². The smallest absolute Gasteiger partial charge is 0.0899 e. The third-order valence-corrected chi connectivity index (χ3v) is 6.11. The van der Waals surface area contributed by atoms with E-state index in [1.807, 2.05) is 48.5 Å². The molecule has 0 unspecified atom stereocenters. The van der Waals surface area contributed by atoms with Gasteiger partial charge in [-0.1, -0.05) is 24.3 Å². The van der Waals surface area contributed by atoms with Crippen LogP contribution in [0.25, 0.3) is 0 Å². The molecular weight excluding hydrogens is 502 g/mol. The van der Waals surface area contributed by atoms with Crippen LogP contribution in [0.1, 0.15) is 36.8 Å². The van der Waals surface area contributed by atoms with Crippen molar-refractivity contribution in [3.05, 3.63) is 66.8 Å². The summed E-state index contributed by atoms with van der Waals surface area (Å²) in [6.07, 6.45) is 2.32. The fourth-order valence-corrected chi connectivity index (χ4v) is 3.89. The molecule has 0 atom stereocenters. The summed E-state index contributed by atoms with van der Waals surface area (Å²) in [6.45, 7) is 0. The van der Waals surface area contributed by atoms with E-state index in [-0.39, 0.29) is 0 Å². The largest absolute Gasteiger partial charge is 0.385 e. The Morgan fingerprint density at radius 1 is 0.591 bits per heavy atom. The molecule has 0 amide bonds. The van der Waals surface area contributed by atoms with E-state index in [0.29, 0.717) is 25.7 Å². The van der Waals surface area contributed by atoms with Gasteiger partial charge in [-0.25, -0.2) is 0 Å². The maximum Gasteiger partial charge on any atom is 0.0899 e. The Balaban J connectivity index is 1.79. The van der Waals surface area contributed by atoms with Gasteiger partial charge in [0.1, 0.15) is 0 Å². The monoisotopic (exact) mass is 520 g/mol. The van der Waals surface area contributed by atoms with Gasteiger partial charge in [0.2, 0.25) is 0 Å². The van der Waals surface area contributed by atoms with Crippen LogP contribution in [0.3, 0.4) is 0 Å². The second kappa shape index (κ2) is 6.37. The van der Waals surface area contributed by atoms with Gasteiger partial charge in [0, 0.05) is 7.14 Å². The summed E-state index contributed by atoms with van der Waals surface area (Å²) in [6, 6.07) is 16.1. The van der Waals surface area contributed by atoms with Gasteiger partial charge < -0.3 is 10.2 Å². The molecule has 0 heterocycles. The molecule has 0 aromatic heterocycles. The summed E-state index contributed by atoms with van der Waals surface area (Å²) in [4.78, 5) is 0. The van der Waals surface area contributed by atoms with Crippen molar-refractivity contribution in [3.8, 4) is 0 Å². The number of hydrogen-bond donors (Lipinski definition) is 2. The lowest BCUT2D eigenvalue weighted by atomic mass is 9.70. The standard InChI is InChI=1S/C18H18I2O2/c19-15-5-1-13(2-6-15)17(21)9-11-18(22,12-10-17)14-3-7-16(20)8-4-14/h1-8,21-22H,9-12H2/t17-,18+. The van der Waals surface area contributed by atoms with Gasteiger partial charge in [-0.2, -0.15) is 0 Å². The zero-order valence-corrected chi connectivity index (χ0v) is 16.4. The highest BCUT2D eigenvalue weighted by atomic mass is 127. The number of halogens is 2. The lowest BCUT2D eigenvalue weighted by Gasteiger charge is -2.41. The summed E-state index contributed by atoms with van der Waals surface area (Å²) in [5.41, 5.74) is 0.273. The zero-order chi connectivity index (χ0) is 15.8. The maximum absolute atomic E-state index is 10.9. The van der Waals surface area contributed by atoms with Crippen molar-refractivity contribution >= 4 is 45.2 Å². The Labute approximate surface area is 158 Å². The second-order valence-corrected chi connectivity index (χ2v) is 8.57. The highest BCUT2D eigenvalue weighted by Gasteiger charge is 2.42. The van der Waals surface area contributed by atoms with Crippen molar-refractivity contribution in [1.82, 2.24) is 0 Å². The average Bonchev–Trinajstić information content (AvgIpc) is 2.52. The van der Waals surface area contributed by atoms with Crippen LogP contribution in [-0.2, 0) is 11.2 Å². The fourth-order valence-electron chi connectivity index (χ4n) is 3.17.